The second-order valence-electron chi connectivity index (χ2n) is 3.12. The molecule has 0 saturated carbocycles. The number of halogens is 4. The molecule has 0 aliphatic carbocycles. The van der Waals surface area contributed by atoms with Crippen molar-refractivity contribution < 1.29 is 9.13 Å². The summed E-state index contributed by atoms with van der Waals surface area (Å²) in [4.78, 5) is 3.97. The van der Waals surface area contributed by atoms with Crippen molar-refractivity contribution in [2.45, 2.75) is 0 Å². The number of hydrogen-bond donors (Lipinski definition) is 0. The third-order valence-electron chi connectivity index (χ3n) is 1.88. The van der Waals surface area contributed by atoms with Crippen LogP contribution in [0.1, 0.15) is 0 Å². The number of rotatable bonds is 2. The Morgan fingerprint density at radius 3 is 2.65 bits per heavy atom. The monoisotopic (exact) mass is 335 g/mol. The molecule has 0 bridgehead atoms. The van der Waals surface area contributed by atoms with Gasteiger partial charge in [-0.1, -0.05) is 23.2 Å². The zero-order valence-corrected chi connectivity index (χ0v) is 11.4. The van der Waals surface area contributed by atoms with Gasteiger partial charge in [-0.25, -0.2) is 9.37 Å². The molecule has 0 amide bonds. The summed E-state index contributed by atoms with van der Waals surface area (Å²) in [5.74, 6) is 0.0628. The highest BCUT2D eigenvalue weighted by Crippen LogP contribution is 2.30. The first-order chi connectivity index (χ1) is 8.06. The van der Waals surface area contributed by atoms with Crippen LogP contribution in [0.3, 0.4) is 0 Å². The van der Waals surface area contributed by atoms with Crippen molar-refractivity contribution in [2.24, 2.45) is 0 Å². The fourth-order valence-electron chi connectivity index (χ4n) is 1.13. The minimum Gasteiger partial charge on any atom is -0.438 e. The Morgan fingerprint density at radius 1 is 1.24 bits per heavy atom. The number of ether oxygens (including phenoxy) is 1. The van der Waals surface area contributed by atoms with Crippen molar-refractivity contribution in [3.05, 3.63) is 50.8 Å². The van der Waals surface area contributed by atoms with Gasteiger partial charge in [-0.15, -0.1) is 0 Å². The van der Waals surface area contributed by atoms with Crippen LogP contribution >= 0.6 is 39.1 Å². The number of aromatic nitrogens is 1. The van der Waals surface area contributed by atoms with Crippen molar-refractivity contribution in [2.75, 3.05) is 0 Å². The van der Waals surface area contributed by atoms with E-state index >= 15 is 0 Å². The molecule has 0 fully saturated rings. The molecule has 0 unspecified atom stereocenters. The van der Waals surface area contributed by atoms with E-state index in [2.05, 4.69) is 20.9 Å². The van der Waals surface area contributed by atoms with Gasteiger partial charge in [-0.3, -0.25) is 0 Å². The lowest BCUT2D eigenvalue weighted by Gasteiger charge is -2.07. The molecule has 17 heavy (non-hydrogen) atoms. The number of nitrogens with zero attached hydrogens (tertiary/aromatic N) is 1. The Labute approximate surface area is 115 Å². The predicted octanol–water partition coefficient (Wildman–Crippen LogP) is 5.08. The molecule has 0 saturated heterocycles. The normalized spacial score (nSPS) is 10.4. The minimum atomic E-state index is -0.547. The van der Waals surface area contributed by atoms with E-state index in [9.17, 15) is 4.39 Å². The molecule has 1 aromatic carbocycles. The standard InChI is InChI=1S/C11H5BrCl2FNO/c12-8-3-6(13)5-16-11(8)17-7-1-2-9(14)10(15)4-7/h1-5H. The lowest BCUT2D eigenvalue weighted by molar-refractivity contribution is 0.455. The molecule has 0 radical (unpaired) electrons. The molecule has 88 valence electrons. The zero-order valence-electron chi connectivity index (χ0n) is 8.25. The van der Waals surface area contributed by atoms with Crippen LogP contribution in [0.2, 0.25) is 10.0 Å². The van der Waals surface area contributed by atoms with Gasteiger partial charge in [0.25, 0.3) is 0 Å². The maximum Gasteiger partial charge on any atom is 0.233 e. The predicted molar refractivity (Wildman–Crippen MR) is 68.4 cm³/mol. The summed E-state index contributed by atoms with van der Waals surface area (Å²) >= 11 is 14.5. The molecular weight excluding hydrogens is 332 g/mol. The average molecular weight is 337 g/mol. The highest BCUT2D eigenvalue weighted by molar-refractivity contribution is 9.10. The lowest BCUT2D eigenvalue weighted by Crippen LogP contribution is -1.90. The van der Waals surface area contributed by atoms with Crippen LogP contribution in [0, 0.1) is 5.82 Å². The van der Waals surface area contributed by atoms with E-state index < -0.39 is 5.82 Å². The topological polar surface area (TPSA) is 22.1 Å². The van der Waals surface area contributed by atoms with Crippen molar-refractivity contribution in [3.63, 3.8) is 0 Å². The smallest absolute Gasteiger partial charge is 0.233 e. The van der Waals surface area contributed by atoms with Gasteiger partial charge in [0.15, 0.2) is 0 Å². The van der Waals surface area contributed by atoms with Gasteiger partial charge in [0.1, 0.15) is 11.6 Å². The fourth-order valence-corrected chi connectivity index (χ4v) is 1.97. The van der Waals surface area contributed by atoms with Gasteiger partial charge in [-0.2, -0.15) is 0 Å². The summed E-state index contributed by atoms with van der Waals surface area (Å²) in [6.45, 7) is 0. The van der Waals surface area contributed by atoms with Crippen LogP contribution in [0.4, 0.5) is 4.39 Å². The van der Waals surface area contributed by atoms with Crippen molar-refractivity contribution in [3.8, 4) is 11.6 Å². The van der Waals surface area contributed by atoms with Gasteiger partial charge in [0, 0.05) is 12.3 Å². The Balaban J connectivity index is 2.28. The second-order valence-corrected chi connectivity index (χ2v) is 4.82. The fraction of sp³-hybridized carbons (Fsp3) is 0. The minimum absolute atomic E-state index is 0.0421. The lowest BCUT2D eigenvalue weighted by atomic mass is 10.3. The largest absolute Gasteiger partial charge is 0.438 e. The van der Waals surface area contributed by atoms with Crippen molar-refractivity contribution in [1.82, 2.24) is 4.98 Å². The molecule has 2 rings (SSSR count). The summed E-state index contributed by atoms with van der Waals surface area (Å²) < 4.78 is 19.1. The first kappa shape index (κ1) is 12.6. The van der Waals surface area contributed by atoms with E-state index in [1.807, 2.05) is 0 Å². The molecule has 1 aromatic heterocycles. The van der Waals surface area contributed by atoms with Crippen LogP contribution < -0.4 is 4.74 Å². The van der Waals surface area contributed by atoms with Gasteiger partial charge >= 0.3 is 0 Å². The van der Waals surface area contributed by atoms with E-state index in [1.54, 1.807) is 12.1 Å². The van der Waals surface area contributed by atoms with Crippen LogP contribution in [0.15, 0.2) is 34.9 Å². The summed E-state index contributed by atoms with van der Waals surface area (Å²) in [6.07, 6.45) is 1.44. The molecule has 2 nitrogen and oxygen atoms in total. The van der Waals surface area contributed by atoms with E-state index in [4.69, 9.17) is 27.9 Å². The van der Waals surface area contributed by atoms with Crippen LogP contribution in [-0.2, 0) is 0 Å². The third kappa shape index (κ3) is 3.09. The third-order valence-corrected chi connectivity index (χ3v) is 2.96. The number of pyridine rings is 1. The molecule has 6 heteroatoms. The Morgan fingerprint density at radius 2 is 2.00 bits per heavy atom. The molecule has 0 aliphatic rings. The quantitative estimate of drug-likeness (QED) is 0.762. The maximum atomic E-state index is 13.2. The van der Waals surface area contributed by atoms with Gasteiger partial charge < -0.3 is 4.74 Å². The van der Waals surface area contributed by atoms with Crippen LogP contribution in [0.25, 0.3) is 0 Å². The Hall–Kier alpha value is -0.840. The van der Waals surface area contributed by atoms with E-state index in [0.29, 0.717) is 21.1 Å². The molecule has 0 spiro atoms. The van der Waals surface area contributed by atoms with E-state index in [1.165, 1.54) is 18.3 Å². The maximum absolute atomic E-state index is 13.2. The van der Waals surface area contributed by atoms with Gasteiger partial charge in [-0.05, 0) is 34.1 Å². The molecule has 2 aromatic rings. The SMILES string of the molecule is Fc1cc(Oc2ncc(Cl)cc2Br)ccc1Cl. The average Bonchev–Trinajstić information content (AvgIpc) is 2.27. The molecule has 1 heterocycles. The highest BCUT2D eigenvalue weighted by atomic mass is 79.9. The zero-order chi connectivity index (χ0) is 12.4. The van der Waals surface area contributed by atoms with Crippen LogP contribution in [0.5, 0.6) is 11.6 Å². The summed E-state index contributed by atoms with van der Waals surface area (Å²) in [5, 5.41) is 0.520. The molecule has 0 N–H and O–H groups in total. The second kappa shape index (κ2) is 5.21. The highest BCUT2D eigenvalue weighted by Gasteiger charge is 2.07. The first-order valence-corrected chi connectivity index (χ1v) is 6.05. The summed E-state index contributed by atoms with van der Waals surface area (Å²) in [5.41, 5.74) is 0. The van der Waals surface area contributed by atoms with Crippen molar-refractivity contribution >= 4 is 39.1 Å². The molecule has 0 aliphatic heterocycles. The number of benzene rings is 1. The van der Waals surface area contributed by atoms with E-state index in [-0.39, 0.29) is 5.02 Å². The summed E-state index contributed by atoms with van der Waals surface area (Å²) in [6, 6.07) is 5.78. The number of hydrogen-bond acceptors (Lipinski definition) is 2. The first-order valence-electron chi connectivity index (χ1n) is 4.50. The van der Waals surface area contributed by atoms with Crippen LogP contribution in [-0.4, -0.2) is 4.98 Å². The molecular formula is C11H5BrCl2FNO. The van der Waals surface area contributed by atoms with Gasteiger partial charge in [0.05, 0.1) is 14.5 Å². The van der Waals surface area contributed by atoms with Gasteiger partial charge in [0.2, 0.25) is 5.88 Å². The Bertz CT molecular complexity index is 565. The van der Waals surface area contributed by atoms with Crippen molar-refractivity contribution in [1.29, 1.82) is 0 Å². The summed E-state index contributed by atoms with van der Waals surface area (Å²) in [7, 11) is 0. The van der Waals surface area contributed by atoms with E-state index in [0.717, 1.165) is 0 Å². The molecule has 0 atom stereocenters. The Kier molecular flexibility index (Phi) is 3.86.